The molecule has 2 rings (SSSR count). The smallest absolute Gasteiger partial charge is 0.234 e. The van der Waals surface area contributed by atoms with E-state index in [0.717, 1.165) is 18.5 Å². The van der Waals surface area contributed by atoms with E-state index in [1.807, 2.05) is 6.92 Å². The summed E-state index contributed by atoms with van der Waals surface area (Å²) in [6.07, 6.45) is 1.69. The number of benzene rings is 1. The minimum Gasteiger partial charge on any atom is -0.329 e. The zero-order valence-electron chi connectivity index (χ0n) is 11.5. The second-order valence-corrected chi connectivity index (χ2v) is 5.52. The summed E-state index contributed by atoms with van der Waals surface area (Å²) >= 11 is 0. The summed E-state index contributed by atoms with van der Waals surface area (Å²) in [6.45, 7) is 5.01. The molecule has 0 saturated heterocycles. The Labute approximate surface area is 113 Å². The maximum Gasteiger partial charge on any atom is 0.234 e. The van der Waals surface area contributed by atoms with Crippen molar-refractivity contribution in [2.75, 3.05) is 18.0 Å². The molecule has 0 radical (unpaired) electrons. The second kappa shape index (κ2) is 5.29. The maximum atomic E-state index is 13.0. The number of nitrogens with two attached hydrogens (primary N) is 1. The SMILES string of the molecule is CCN(C(=O)C1(CN)CC(C)C1)c1ccc(F)cc1. The van der Waals surface area contributed by atoms with Crippen molar-refractivity contribution in [1.82, 2.24) is 0 Å². The first-order valence-corrected chi connectivity index (χ1v) is 6.80. The first-order chi connectivity index (χ1) is 9.02. The molecule has 0 aromatic heterocycles. The van der Waals surface area contributed by atoms with E-state index in [-0.39, 0.29) is 11.7 Å². The van der Waals surface area contributed by atoms with E-state index in [9.17, 15) is 9.18 Å². The molecule has 0 aliphatic heterocycles. The van der Waals surface area contributed by atoms with Gasteiger partial charge in [-0.25, -0.2) is 4.39 Å². The number of rotatable bonds is 4. The fraction of sp³-hybridized carbons (Fsp3) is 0.533. The highest BCUT2D eigenvalue weighted by Gasteiger charge is 2.48. The Balaban J connectivity index is 2.22. The number of hydrogen-bond acceptors (Lipinski definition) is 2. The molecule has 0 heterocycles. The fourth-order valence-corrected chi connectivity index (χ4v) is 3.05. The third kappa shape index (κ3) is 2.50. The van der Waals surface area contributed by atoms with Gasteiger partial charge in [0, 0.05) is 18.8 Å². The van der Waals surface area contributed by atoms with Crippen molar-refractivity contribution < 1.29 is 9.18 Å². The molecular formula is C15H21FN2O. The molecule has 2 N–H and O–H groups in total. The lowest BCUT2D eigenvalue weighted by Gasteiger charge is -2.46. The average molecular weight is 264 g/mol. The Morgan fingerprint density at radius 1 is 1.42 bits per heavy atom. The molecule has 0 spiro atoms. The number of carbonyl (C=O) groups is 1. The molecule has 1 aliphatic carbocycles. The molecule has 0 unspecified atom stereocenters. The Morgan fingerprint density at radius 2 is 2.00 bits per heavy atom. The molecule has 1 amide bonds. The van der Waals surface area contributed by atoms with E-state index in [4.69, 9.17) is 5.73 Å². The Hall–Kier alpha value is -1.42. The molecule has 1 fully saturated rings. The van der Waals surface area contributed by atoms with Crippen LogP contribution in [0, 0.1) is 17.2 Å². The zero-order valence-corrected chi connectivity index (χ0v) is 11.5. The molecule has 19 heavy (non-hydrogen) atoms. The Morgan fingerprint density at radius 3 is 2.42 bits per heavy atom. The third-order valence-electron chi connectivity index (χ3n) is 4.02. The number of halogens is 1. The monoisotopic (exact) mass is 264 g/mol. The lowest BCUT2D eigenvalue weighted by Crippen LogP contribution is -2.54. The summed E-state index contributed by atoms with van der Waals surface area (Å²) in [4.78, 5) is 14.4. The molecule has 1 aromatic rings. The van der Waals surface area contributed by atoms with Gasteiger partial charge in [-0.15, -0.1) is 0 Å². The number of anilines is 1. The molecule has 4 heteroatoms. The normalized spacial score (nSPS) is 25.8. The number of nitrogens with zero attached hydrogens (tertiary/aromatic N) is 1. The van der Waals surface area contributed by atoms with Crippen molar-refractivity contribution >= 4 is 11.6 Å². The number of carbonyl (C=O) groups excluding carboxylic acids is 1. The topological polar surface area (TPSA) is 46.3 Å². The highest BCUT2D eigenvalue weighted by molar-refractivity contribution is 5.98. The predicted molar refractivity (Wildman–Crippen MR) is 74.3 cm³/mol. The van der Waals surface area contributed by atoms with Gasteiger partial charge in [0.15, 0.2) is 0 Å². The predicted octanol–water partition coefficient (Wildman–Crippen LogP) is 2.55. The summed E-state index contributed by atoms with van der Waals surface area (Å²) in [5, 5.41) is 0. The summed E-state index contributed by atoms with van der Waals surface area (Å²) in [5.74, 6) is 0.333. The summed E-state index contributed by atoms with van der Waals surface area (Å²) in [6, 6.07) is 6.04. The fourth-order valence-electron chi connectivity index (χ4n) is 3.05. The van der Waals surface area contributed by atoms with Crippen molar-refractivity contribution in [3.8, 4) is 0 Å². The van der Waals surface area contributed by atoms with Crippen molar-refractivity contribution in [2.45, 2.75) is 26.7 Å². The van der Waals surface area contributed by atoms with Crippen LogP contribution in [-0.2, 0) is 4.79 Å². The van der Waals surface area contributed by atoms with E-state index in [1.54, 1.807) is 17.0 Å². The van der Waals surface area contributed by atoms with E-state index >= 15 is 0 Å². The lowest BCUT2D eigenvalue weighted by molar-refractivity contribution is -0.135. The van der Waals surface area contributed by atoms with Crippen LogP contribution in [0.25, 0.3) is 0 Å². The quantitative estimate of drug-likeness (QED) is 0.908. The summed E-state index contributed by atoms with van der Waals surface area (Å²) < 4.78 is 13.0. The first-order valence-electron chi connectivity index (χ1n) is 6.80. The van der Waals surface area contributed by atoms with Crippen molar-refractivity contribution in [3.63, 3.8) is 0 Å². The summed E-state index contributed by atoms with van der Waals surface area (Å²) in [5.41, 5.74) is 6.14. The molecule has 104 valence electrons. The van der Waals surface area contributed by atoms with Gasteiger partial charge < -0.3 is 10.6 Å². The van der Waals surface area contributed by atoms with Gasteiger partial charge >= 0.3 is 0 Å². The van der Waals surface area contributed by atoms with Crippen molar-refractivity contribution in [3.05, 3.63) is 30.1 Å². The number of hydrogen-bond donors (Lipinski definition) is 1. The second-order valence-electron chi connectivity index (χ2n) is 5.52. The first kappa shape index (κ1) is 14.0. The largest absolute Gasteiger partial charge is 0.329 e. The van der Waals surface area contributed by atoms with Crippen LogP contribution in [0.3, 0.4) is 0 Å². The molecule has 1 saturated carbocycles. The molecule has 0 bridgehead atoms. The van der Waals surface area contributed by atoms with Crippen molar-refractivity contribution in [1.29, 1.82) is 0 Å². The van der Waals surface area contributed by atoms with Crippen LogP contribution in [-0.4, -0.2) is 19.0 Å². The van der Waals surface area contributed by atoms with Gasteiger partial charge in [-0.2, -0.15) is 0 Å². The van der Waals surface area contributed by atoms with Crippen LogP contribution in [0.4, 0.5) is 10.1 Å². The highest BCUT2D eigenvalue weighted by Crippen LogP contribution is 2.46. The van der Waals surface area contributed by atoms with Gasteiger partial charge in [-0.05, 0) is 49.9 Å². The van der Waals surface area contributed by atoms with E-state index < -0.39 is 5.41 Å². The van der Waals surface area contributed by atoms with Crippen LogP contribution in [0.15, 0.2) is 24.3 Å². The Kier molecular flexibility index (Phi) is 3.90. The van der Waals surface area contributed by atoms with Gasteiger partial charge in [0.25, 0.3) is 0 Å². The van der Waals surface area contributed by atoms with Crippen LogP contribution in [0.1, 0.15) is 26.7 Å². The Bertz CT molecular complexity index is 452. The van der Waals surface area contributed by atoms with E-state index in [0.29, 0.717) is 19.0 Å². The molecule has 1 aliphatic rings. The highest BCUT2D eigenvalue weighted by atomic mass is 19.1. The molecule has 0 atom stereocenters. The minimum absolute atomic E-state index is 0.0715. The van der Waals surface area contributed by atoms with E-state index in [1.165, 1.54) is 12.1 Å². The van der Waals surface area contributed by atoms with Gasteiger partial charge in [-0.3, -0.25) is 4.79 Å². The van der Waals surface area contributed by atoms with Gasteiger partial charge in [0.2, 0.25) is 5.91 Å². The minimum atomic E-state index is -0.413. The van der Waals surface area contributed by atoms with Crippen LogP contribution >= 0.6 is 0 Å². The lowest BCUT2D eigenvalue weighted by atomic mass is 9.61. The molecular weight excluding hydrogens is 243 g/mol. The average Bonchev–Trinajstić information content (AvgIpc) is 2.37. The van der Waals surface area contributed by atoms with Crippen LogP contribution < -0.4 is 10.6 Å². The zero-order chi connectivity index (χ0) is 14.0. The third-order valence-corrected chi connectivity index (χ3v) is 4.02. The number of amides is 1. The van der Waals surface area contributed by atoms with Crippen LogP contribution in [0.5, 0.6) is 0 Å². The maximum absolute atomic E-state index is 13.0. The molecule has 1 aromatic carbocycles. The molecule has 3 nitrogen and oxygen atoms in total. The van der Waals surface area contributed by atoms with Crippen LogP contribution in [0.2, 0.25) is 0 Å². The van der Waals surface area contributed by atoms with E-state index in [2.05, 4.69) is 6.92 Å². The van der Waals surface area contributed by atoms with Gasteiger partial charge in [0.05, 0.1) is 5.41 Å². The van der Waals surface area contributed by atoms with Gasteiger partial charge in [-0.1, -0.05) is 6.92 Å². The van der Waals surface area contributed by atoms with Crippen molar-refractivity contribution in [2.24, 2.45) is 17.1 Å². The summed E-state index contributed by atoms with van der Waals surface area (Å²) in [7, 11) is 0. The van der Waals surface area contributed by atoms with Gasteiger partial charge in [0.1, 0.15) is 5.82 Å². The standard InChI is InChI=1S/C15H21FN2O/c1-3-18(13-6-4-12(16)5-7-13)14(19)15(10-17)8-11(2)9-15/h4-7,11H,3,8-10,17H2,1-2H3.